The van der Waals surface area contributed by atoms with E-state index in [2.05, 4.69) is 20.5 Å². The summed E-state index contributed by atoms with van der Waals surface area (Å²) in [4.78, 5) is 28.8. The number of halogens is 3. The summed E-state index contributed by atoms with van der Waals surface area (Å²) in [5.41, 5.74) is 4.96. The molecule has 0 bridgehead atoms. The van der Waals surface area contributed by atoms with Crippen molar-refractivity contribution in [3.05, 3.63) is 70.4 Å². The Morgan fingerprint density at radius 1 is 1.14 bits per heavy atom. The van der Waals surface area contributed by atoms with Gasteiger partial charge in [-0.3, -0.25) is 4.90 Å². The van der Waals surface area contributed by atoms with Crippen LogP contribution in [-0.4, -0.2) is 34.5 Å². The number of benzene rings is 2. The molecule has 5 rings (SSSR count). The van der Waals surface area contributed by atoms with Gasteiger partial charge in [-0.15, -0.1) is 6.42 Å². The van der Waals surface area contributed by atoms with E-state index in [1.807, 2.05) is 25.3 Å². The predicted octanol–water partition coefficient (Wildman–Crippen LogP) is 6.07. The van der Waals surface area contributed by atoms with Crippen LogP contribution < -0.4 is 0 Å². The summed E-state index contributed by atoms with van der Waals surface area (Å²) in [6.07, 6.45) is 7.12. The topological polar surface area (TPSA) is 62.4 Å². The summed E-state index contributed by atoms with van der Waals surface area (Å²) in [5.74, 6) is 0.347. The number of likely N-dealkylation sites (tertiary alicyclic amines) is 1. The minimum atomic E-state index is -5.23. The number of esters is 2. The number of ether oxygens (including phenoxy) is 1. The molecule has 2 atom stereocenters. The third-order valence-corrected chi connectivity index (χ3v) is 7.66. The van der Waals surface area contributed by atoms with Gasteiger partial charge in [0.05, 0.1) is 5.56 Å². The normalized spacial score (nSPS) is 20.5. The fourth-order valence-corrected chi connectivity index (χ4v) is 5.59. The van der Waals surface area contributed by atoms with E-state index in [0.29, 0.717) is 12.5 Å². The lowest BCUT2D eigenvalue weighted by Crippen LogP contribution is -2.37. The number of carbonyl (C=O) groups excluding carboxylic acids is 2. The Hall–Kier alpha value is -3.57. The third kappa shape index (κ3) is 5.14. The number of aryl methyl sites for hydroxylation is 1. The quantitative estimate of drug-likeness (QED) is 0.258. The summed E-state index contributed by atoms with van der Waals surface area (Å²) in [5, 5.41) is 1.10. The molecular formula is C29H27F3N2O3. The van der Waals surface area contributed by atoms with Crippen molar-refractivity contribution in [2.45, 2.75) is 51.4 Å². The van der Waals surface area contributed by atoms with Gasteiger partial charge in [0.15, 0.2) is 0 Å². The van der Waals surface area contributed by atoms with E-state index >= 15 is 0 Å². The zero-order valence-electron chi connectivity index (χ0n) is 20.4. The molecule has 1 saturated carbocycles. The second-order valence-electron chi connectivity index (χ2n) is 10.0. The number of nitrogens with one attached hydrogen (secondary N) is 1. The lowest BCUT2D eigenvalue weighted by molar-refractivity contribution is -0.193. The van der Waals surface area contributed by atoms with Crippen LogP contribution in [0.25, 0.3) is 10.9 Å². The highest BCUT2D eigenvalue weighted by Crippen LogP contribution is 2.47. The number of aromatic nitrogens is 1. The van der Waals surface area contributed by atoms with Crippen LogP contribution >= 0.6 is 0 Å². The Morgan fingerprint density at radius 3 is 2.51 bits per heavy atom. The molecule has 0 unspecified atom stereocenters. The molecule has 2 aromatic carbocycles. The molecule has 0 radical (unpaired) electrons. The number of hydrogen-bond donors (Lipinski definition) is 1. The lowest BCUT2D eigenvalue weighted by atomic mass is 9.83. The molecule has 2 aliphatic rings. The zero-order valence-corrected chi connectivity index (χ0v) is 20.4. The molecule has 3 aromatic rings. The number of nitrogens with zero attached hydrogens (tertiary/aromatic N) is 1. The molecule has 0 amide bonds. The molecule has 1 aliphatic heterocycles. The number of H-pyrrole nitrogens is 1. The number of rotatable bonds is 5. The summed E-state index contributed by atoms with van der Waals surface area (Å²) in [7, 11) is 0. The average molecular weight is 509 g/mol. The summed E-state index contributed by atoms with van der Waals surface area (Å²) >= 11 is 0. The second kappa shape index (κ2) is 9.71. The van der Waals surface area contributed by atoms with Gasteiger partial charge in [-0.1, -0.05) is 18.1 Å². The van der Waals surface area contributed by atoms with Crippen LogP contribution in [0.3, 0.4) is 0 Å². The SMILES string of the molecule is C#Cc1cc(C)c2[nH]ccc2c1CN1CC[C@@H](C2CC2)C[C@H]1c1ccc(C(=O)OC(=O)C(F)(F)F)cc1. The Bertz CT molecular complexity index is 1380. The first-order valence-electron chi connectivity index (χ1n) is 12.4. The molecule has 8 heteroatoms. The Morgan fingerprint density at radius 2 is 1.86 bits per heavy atom. The van der Waals surface area contributed by atoms with Crippen LogP contribution in [0, 0.1) is 31.1 Å². The van der Waals surface area contributed by atoms with Crippen molar-refractivity contribution in [3.8, 4) is 12.3 Å². The van der Waals surface area contributed by atoms with Crippen molar-refractivity contribution < 1.29 is 27.5 Å². The molecule has 1 aliphatic carbocycles. The zero-order chi connectivity index (χ0) is 26.3. The van der Waals surface area contributed by atoms with Crippen LogP contribution in [0.5, 0.6) is 0 Å². The first-order valence-corrected chi connectivity index (χ1v) is 12.4. The number of hydrogen-bond acceptors (Lipinski definition) is 4. The average Bonchev–Trinajstić information content (AvgIpc) is 3.60. The molecule has 2 heterocycles. The van der Waals surface area contributed by atoms with Gasteiger partial charge in [-0.2, -0.15) is 13.2 Å². The maximum Gasteiger partial charge on any atom is 0.491 e. The molecule has 2 fully saturated rings. The number of aromatic amines is 1. The van der Waals surface area contributed by atoms with Gasteiger partial charge < -0.3 is 9.72 Å². The van der Waals surface area contributed by atoms with E-state index in [0.717, 1.165) is 58.5 Å². The van der Waals surface area contributed by atoms with Crippen LogP contribution in [0.15, 0.2) is 42.6 Å². The van der Waals surface area contributed by atoms with Crippen LogP contribution in [0.1, 0.15) is 64.3 Å². The Kier molecular flexibility index (Phi) is 6.59. The highest BCUT2D eigenvalue weighted by Gasteiger charge is 2.43. The van der Waals surface area contributed by atoms with Crippen LogP contribution in [0.2, 0.25) is 0 Å². The van der Waals surface area contributed by atoms with Gasteiger partial charge >= 0.3 is 18.1 Å². The van der Waals surface area contributed by atoms with E-state index in [1.165, 1.54) is 25.0 Å². The minimum Gasteiger partial charge on any atom is -0.383 e. The van der Waals surface area contributed by atoms with Crippen molar-refractivity contribution in [2.75, 3.05) is 6.54 Å². The molecular weight excluding hydrogens is 481 g/mol. The van der Waals surface area contributed by atoms with Gasteiger partial charge in [0.2, 0.25) is 0 Å². The number of piperidine rings is 1. The van der Waals surface area contributed by atoms with Gasteiger partial charge in [-0.25, -0.2) is 9.59 Å². The molecule has 192 valence electrons. The van der Waals surface area contributed by atoms with E-state index in [1.54, 1.807) is 12.1 Å². The molecule has 1 aromatic heterocycles. The van der Waals surface area contributed by atoms with Crippen molar-refractivity contribution in [1.29, 1.82) is 0 Å². The van der Waals surface area contributed by atoms with Crippen LogP contribution in [-0.2, 0) is 16.1 Å². The Labute approximate surface area is 213 Å². The van der Waals surface area contributed by atoms with Crippen molar-refractivity contribution in [1.82, 2.24) is 9.88 Å². The van der Waals surface area contributed by atoms with E-state index in [-0.39, 0.29) is 11.6 Å². The first-order chi connectivity index (χ1) is 17.7. The third-order valence-electron chi connectivity index (χ3n) is 7.66. The number of carbonyl (C=O) groups is 2. The second-order valence-corrected chi connectivity index (χ2v) is 10.0. The largest absolute Gasteiger partial charge is 0.491 e. The summed E-state index contributed by atoms with van der Waals surface area (Å²) in [6.45, 7) is 3.57. The van der Waals surface area contributed by atoms with E-state index < -0.39 is 18.1 Å². The fraction of sp³-hybridized carbons (Fsp3) is 0.379. The monoisotopic (exact) mass is 508 g/mol. The van der Waals surface area contributed by atoms with Gasteiger partial charge in [0, 0.05) is 35.2 Å². The maximum absolute atomic E-state index is 12.5. The number of alkyl halides is 3. The fourth-order valence-electron chi connectivity index (χ4n) is 5.59. The Balaban J connectivity index is 1.42. The highest BCUT2D eigenvalue weighted by molar-refractivity contribution is 5.98. The number of fused-ring (bicyclic) bond motifs is 1. The standard InChI is InChI=1S/C29H27F3N2O3/c1-3-18-14-17(2)26-23(10-12-33-26)24(18)16-34-13-11-22(19-4-5-19)15-25(34)20-6-8-21(9-7-20)27(35)37-28(36)29(30,31)32/h1,6-10,12,14,19,22,25,33H,4-5,11,13,15-16H2,2H3/t22-,25+/m1/s1. The number of terminal acetylenes is 1. The predicted molar refractivity (Wildman–Crippen MR) is 132 cm³/mol. The minimum absolute atomic E-state index is 0.0575. The summed E-state index contributed by atoms with van der Waals surface area (Å²) in [6, 6.07) is 10.5. The first kappa shape index (κ1) is 25.1. The molecule has 5 nitrogen and oxygen atoms in total. The maximum atomic E-state index is 12.5. The smallest absolute Gasteiger partial charge is 0.383 e. The van der Waals surface area contributed by atoms with Crippen molar-refractivity contribution >= 4 is 22.8 Å². The van der Waals surface area contributed by atoms with Crippen LogP contribution in [0.4, 0.5) is 13.2 Å². The van der Waals surface area contributed by atoms with Crippen molar-refractivity contribution in [3.63, 3.8) is 0 Å². The molecule has 1 saturated heterocycles. The highest BCUT2D eigenvalue weighted by atomic mass is 19.4. The summed E-state index contributed by atoms with van der Waals surface area (Å²) < 4.78 is 41.4. The van der Waals surface area contributed by atoms with Gasteiger partial charge in [0.25, 0.3) is 0 Å². The van der Waals surface area contributed by atoms with E-state index in [9.17, 15) is 22.8 Å². The molecule has 0 spiro atoms. The van der Waals surface area contributed by atoms with Gasteiger partial charge in [0.1, 0.15) is 0 Å². The van der Waals surface area contributed by atoms with E-state index in [4.69, 9.17) is 6.42 Å². The molecule has 1 N–H and O–H groups in total. The molecule has 37 heavy (non-hydrogen) atoms. The van der Waals surface area contributed by atoms with Crippen molar-refractivity contribution in [2.24, 2.45) is 11.8 Å². The lowest BCUT2D eigenvalue weighted by Gasteiger charge is -2.40. The van der Waals surface area contributed by atoms with Gasteiger partial charge in [-0.05, 0) is 91.9 Å².